The molecule has 1 aliphatic rings. The zero-order chi connectivity index (χ0) is 18.7. The van der Waals surface area contributed by atoms with E-state index in [2.05, 4.69) is 50.0 Å². The number of nitrogens with one attached hydrogen (secondary N) is 1. The molecule has 0 aromatic rings. The second-order valence-electron chi connectivity index (χ2n) is 7.61. The molecular formula is C19H40N4O2. The van der Waals surface area contributed by atoms with Gasteiger partial charge < -0.3 is 24.6 Å². The largest absolute Gasteiger partial charge is 0.382 e. The predicted octanol–water partition coefficient (Wildman–Crippen LogP) is 1.91. The number of aliphatic imine (C=N–C) groups is 1. The first-order chi connectivity index (χ1) is 12.0. The van der Waals surface area contributed by atoms with E-state index in [0.717, 1.165) is 38.7 Å². The molecule has 0 saturated carbocycles. The molecule has 0 aliphatic carbocycles. The third-order valence-corrected chi connectivity index (χ3v) is 4.63. The number of guanidine groups is 1. The van der Waals surface area contributed by atoms with Gasteiger partial charge in [-0.3, -0.25) is 4.99 Å². The molecule has 0 aromatic heterocycles. The monoisotopic (exact) mass is 356 g/mol. The number of likely N-dealkylation sites (N-methyl/N-ethyl adjacent to an activating group) is 1. The summed E-state index contributed by atoms with van der Waals surface area (Å²) in [5.74, 6) is 2.32. The van der Waals surface area contributed by atoms with E-state index < -0.39 is 0 Å². The summed E-state index contributed by atoms with van der Waals surface area (Å²) in [5, 5.41) is 3.47. The van der Waals surface area contributed by atoms with Crippen LogP contribution >= 0.6 is 0 Å². The van der Waals surface area contributed by atoms with Gasteiger partial charge in [0.25, 0.3) is 0 Å². The molecule has 6 heteroatoms. The average Bonchev–Trinajstić information content (AvgIpc) is 3.02. The summed E-state index contributed by atoms with van der Waals surface area (Å²) in [6.07, 6.45) is 2.34. The van der Waals surface area contributed by atoms with Crippen LogP contribution in [-0.4, -0.2) is 89.0 Å². The fraction of sp³-hybridized carbons (Fsp3) is 0.947. The van der Waals surface area contributed by atoms with Crippen LogP contribution in [0, 0.1) is 11.8 Å². The third-order valence-electron chi connectivity index (χ3n) is 4.63. The minimum absolute atomic E-state index is 0.490. The van der Waals surface area contributed by atoms with Crippen LogP contribution in [0.2, 0.25) is 0 Å². The number of likely N-dealkylation sites (tertiary alicyclic amines) is 1. The fourth-order valence-corrected chi connectivity index (χ4v) is 3.16. The average molecular weight is 357 g/mol. The zero-order valence-corrected chi connectivity index (χ0v) is 17.3. The van der Waals surface area contributed by atoms with Crippen LogP contribution < -0.4 is 5.32 Å². The Hall–Kier alpha value is -0.850. The molecular weight excluding hydrogens is 316 g/mol. The first-order valence-electron chi connectivity index (χ1n) is 9.74. The lowest BCUT2D eigenvalue weighted by Gasteiger charge is -2.26. The smallest absolute Gasteiger partial charge is 0.193 e. The summed E-state index contributed by atoms with van der Waals surface area (Å²) in [5.41, 5.74) is 0. The molecule has 2 unspecified atom stereocenters. The van der Waals surface area contributed by atoms with E-state index in [-0.39, 0.29) is 0 Å². The van der Waals surface area contributed by atoms with E-state index in [0.29, 0.717) is 31.1 Å². The van der Waals surface area contributed by atoms with Gasteiger partial charge in [0.1, 0.15) is 0 Å². The number of hydrogen-bond acceptors (Lipinski definition) is 4. The van der Waals surface area contributed by atoms with Crippen LogP contribution in [0.4, 0.5) is 0 Å². The number of ether oxygens (including phenoxy) is 2. The van der Waals surface area contributed by atoms with Gasteiger partial charge in [0.15, 0.2) is 5.96 Å². The highest BCUT2D eigenvalue weighted by Gasteiger charge is 2.25. The molecule has 25 heavy (non-hydrogen) atoms. The summed E-state index contributed by atoms with van der Waals surface area (Å²) < 4.78 is 10.7. The van der Waals surface area contributed by atoms with E-state index in [1.807, 2.05) is 0 Å². The van der Waals surface area contributed by atoms with Crippen molar-refractivity contribution < 1.29 is 9.47 Å². The zero-order valence-electron chi connectivity index (χ0n) is 17.3. The van der Waals surface area contributed by atoms with Crippen LogP contribution in [0.1, 0.15) is 33.6 Å². The number of nitrogens with zero attached hydrogens (tertiary/aromatic N) is 3. The molecule has 1 saturated heterocycles. The van der Waals surface area contributed by atoms with Crippen molar-refractivity contribution in [1.29, 1.82) is 0 Å². The van der Waals surface area contributed by atoms with Crippen molar-refractivity contribution >= 4 is 5.96 Å². The minimum atomic E-state index is 0.490. The van der Waals surface area contributed by atoms with Gasteiger partial charge >= 0.3 is 0 Å². The lowest BCUT2D eigenvalue weighted by molar-refractivity contribution is 0.0536. The number of methoxy groups -OCH3 is 1. The molecule has 1 aliphatic heterocycles. The van der Waals surface area contributed by atoms with E-state index in [1.165, 1.54) is 12.8 Å². The van der Waals surface area contributed by atoms with Gasteiger partial charge in [-0.25, -0.2) is 0 Å². The van der Waals surface area contributed by atoms with Gasteiger partial charge in [-0.2, -0.15) is 0 Å². The quantitative estimate of drug-likeness (QED) is 0.348. The van der Waals surface area contributed by atoms with Crippen molar-refractivity contribution in [2.75, 3.05) is 67.2 Å². The third kappa shape index (κ3) is 8.88. The molecule has 0 radical (unpaired) electrons. The van der Waals surface area contributed by atoms with Gasteiger partial charge in [0.2, 0.25) is 0 Å². The molecule has 0 amide bonds. The van der Waals surface area contributed by atoms with Crippen molar-refractivity contribution in [3.63, 3.8) is 0 Å². The lowest BCUT2D eigenvalue weighted by atomic mass is 10.0. The van der Waals surface area contributed by atoms with Crippen LogP contribution in [0.15, 0.2) is 4.99 Å². The van der Waals surface area contributed by atoms with Gasteiger partial charge in [-0.1, -0.05) is 13.8 Å². The number of rotatable bonds is 11. The molecule has 1 heterocycles. The second-order valence-corrected chi connectivity index (χ2v) is 7.61. The SMILES string of the molecule is CCNC(=NCC(CC(C)C)N(C)C)N1CCC(COCCOC)C1. The van der Waals surface area contributed by atoms with Crippen molar-refractivity contribution in [2.24, 2.45) is 16.8 Å². The first kappa shape index (κ1) is 22.2. The van der Waals surface area contributed by atoms with Gasteiger partial charge in [-0.15, -0.1) is 0 Å². The molecule has 0 spiro atoms. The van der Waals surface area contributed by atoms with Crippen LogP contribution in [0.25, 0.3) is 0 Å². The maximum Gasteiger partial charge on any atom is 0.193 e. The van der Waals surface area contributed by atoms with Gasteiger partial charge in [0, 0.05) is 38.7 Å². The Balaban J connectivity index is 2.54. The molecule has 6 nitrogen and oxygen atoms in total. The predicted molar refractivity (Wildman–Crippen MR) is 105 cm³/mol. The molecule has 0 bridgehead atoms. The van der Waals surface area contributed by atoms with Crippen LogP contribution in [0.3, 0.4) is 0 Å². The summed E-state index contributed by atoms with van der Waals surface area (Å²) in [7, 11) is 6.01. The maximum absolute atomic E-state index is 5.70. The fourth-order valence-electron chi connectivity index (χ4n) is 3.16. The Morgan fingerprint density at radius 1 is 1.32 bits per heavy atom. The minimum Gasteiger partial charge on any atom is -0.382 e. The number of hydrogen-bond donors (Lipinski definition) is 1. The van der Waals surface area contributed by atoms with Gasteiger partial charge in [-0.05, 0) is 39.8 Å². The van der Waals surface area contributed by atoms with Crippen molar-refractivity contribution in [3.05, 3.63) is 0 Å². The highest BCUT2D eigenvalue weighted by atomic mass is 16.5. The molecule has 2 atom stereocenters. The van der Waals surface area contributed by atoms with Gasteiger partial charge in [0.05, 0.1) is 26.4 Å². The lowest BCUT2D eigenvalue weighted by Crippen LogP contribution is -2.41. The highest BCUT2D eigenvalue weighted by molar-refractivity contribution is 5.80. The molecule has 1 rings (SSSR count). The van der Waals surface area contributed by atoms with Crippen LogP contribution in [0.5, 0.6) is 0 Å². The molecule has 0 aromatic carbocycles. The van der Waals surface area contributed by atoms with E-state index in [4.69, 9.17) is 14.5 Å². The molecule has 1 fully saturated rings. The van der Waals surface area contributed by atoms with E-state index >= 15 is 0 Å². The van der Waals surface area contributed by atoms with Crippen molar-refractivity contribution in [2.45, 2.75) is 39.7 Å². The summed E-state index contributed by atoms with van der Waals surface area (Å²) >= 11 is 0. The Labute approximate surface area is 154 Å². The summed E-state index contributed by atoms with van der Waals surface area (Å²) in [6.45, 7) is 12.7. The summed E-state index contributed by atoms with van der Waals surface area (Å²) in [6, 6.07) is 0.490. The molecule has 148 valence electrons. The van der Waals surface area contributed by atoms with Crippen LogP contribution in [-0.2, 0) is 9.47 Å². The first-order valence-corrected chi connectivity index (χ1v) is 9.74. The topological polar surface area (TPSA) is 49.3 Å². The standard InChI is InChI=1S/C19H40N4O2/c1-7-20-19(21-13-18(22(4)5)12-16(2)3)23-9-8-17(14-23)15-25-11-10-24-6/h16-18H,7-15H2,1-6H3,(H,20,21). The Bertz CT molecular complexity index is 374. The summed E-state index contributed by atoms with van der Waals surface area (Å²) in [4.78, 5) is 9.62. The van der Waals surface area contributed by atoms with E-state index in [9.17, 15) is 0 Å². The second kappa shape index (κ2) is 12.5. The Morgan fingerprint density at radius 3 is 2.68 bits per heavy atom. The maximum atomic E-state index is 5.70. The Morgan fingerprint density at radius 2 is 2.08 bits per heavy atom. The molecule has 1 N–H and O–H groups in total. The Kier molecular flexibility index (Phi) is 11.1. The normalized spacial score (nSPS) is 19.9. The van der Waals surface area contributed by atoms with E-state index in [1.54, 1.807) is 7.11 Å². The van der Waals surface area contributed by atoms with Crippen molar-refractivity contribution in [1.82, 2.24) is 15.1 Å². The highest BCUT2D eigenvalue weighted by Crippen LogP contribution is 2.17. The van der Waals surface area contributed by atoms with Crippen molar-refractivity contribution in [3.8, 4) is 0 Å².